The van der Waals surface area contributed by atoms with E-state index in [1.54, 1.807) is 31.2 Å². The van der Waals surface area contributed by atoms with E-state index in [0.29, 0.717) is 11.5 Å². The van der Waals surface area contributed by atoms with E-state index in [2.05, 4.69) is 5.32 Å². The Morgan fingerprint density at radius 2 is 1.64 bits per heavy atom. The van der Waals surface area contributed by atoms with Crippen molar-refractivity contribution in [3.8, 4) is 11.5 Å². The van der Waals surface area contributed by atoms with Crippen LogP contribution in [0.2, 0.25) is 0 Å². The standard InChI is InChI=1S/C16H13F2NO3/c1-9-15(22-14-5-3-2-4-13(14)21-9)16(20)19-12-7-10(17)6-11(18)8-12/h2-9,15H,1H3,(H,19,20). The molecule has 1 heterocycles. The number of anilines is 1. The summed E-state index contributed by atoms with van der Waals surface area (Å²) in [6.07, 6.45) is -1.45. The van der Waals surface area contributed by atoms with Crippen LogP contribution in [0.15, 0.2) is 42.5 Å². The monoisotopic (exact) mass is 305 g/mol. The Bertz CT molecular complexity index is 700. The SMILES string of the molecule is CC1Oc2ccccc2OC1C(=O)Nc1cc(F)cc(F)c1. The third kappa shape index (κ3) is 2.86. The minimum atomic E-state index is -0.916. The molecule has 3 rings (SSSR count). The van der Waals surface area contributed by atoms with Gasteiger partial charge in [-0.1, -0.05) is 12.1 Å². The summed E-state index contributed by atoms with van der Waals surface area (Å²) in [5.41, 5.74) is 0.0251. The van der Waals surface area contributed by atoms with Crippen molar-refractivity contribution in [1.82, 2.24) is 0 Å². The molecule has 22 heavy (non-hydrogen) atoms. The Balaban J connectivity index is 1.78. The fourth-order valence-electron chi connectivity index (χ4n) is 2.25. The highest BCUT2D eigenvalue weighted by molar-refractivity contribution is 5.95. The van der Waals surface area contributed by atoms with Crippen LogP contribution in [0.5, 0.6) is 11.5 Å². The minimum absolute atomic E-state index is 0.0251. The van der Waals surface area contributed by atoms with Crippen molar-refractivity contribution in [2.24, 2.45) is 0 Å². The Morgan fingerprint density at radius 3 is 2.27 bits per heavy atom. The summed E-state index contributed by atoms with van der Waals surface area (Å²) in [5, 5.41) is 2.43. The first-order valence-electron chi connectivity index (χ1n) is 6.72. The average molecular weight is 305 g/mol. The fraction of sp³-hybridized carbons (Fsp3) is 0.188. The third-order valence-corrected chi connectivity index (χ3v) is 3.23. The first-order chi connectivity index (χ1) is 10.5. The number of rotatable bonds is 2. The number of carbonyl (C=O) groups excluding carboxylic acids is 1. The number of hydrogen-bond acceptors (Lipinski definition) is 3. The van der Waals surface area contributed by atoms with E-state index in [4.69, 9.17) is 9.47 Å². The van der Waals surface area contributed by atoms with Crippen LogP contribution in [0.4, 0.5) is 14.5 Å². The van der Waals surface area contributed by atoms with Gasteiger partial charge >= 0.3 is 0 Å². The molecular weight excluding hydrogens is 292 g/mol. The molecule has 0 fully saturated rings. The summed E-state index contributed by atoms with van der Waals surface area (Å²) < 4.78 is 37.5. The molecule has 114 valence electrons. The number of halogens is 2. The maximum absolute atomic E-state index is 13.1. The number of benzene rings is 2. The van der Waals surface area contributed by atoms with Gasteiger partial charge in [-0.15, -0.1) is 0 Å². The van der Waals surface area contributed by atoms with E-state index in [0.717, 1.165) is 18.2 Å². The smallest absolute Gasteiger partial charge is 0.269 e. The third-order valence-electron chi connectivity index (χ3n) is 3.23. The van der Waals surface area contributed by atoms with Crippen molar-refractivity contribution in [2.45, 2.75) is 19.1 Å². The van der Waals surface area contributed by atoms with Gasteiger partial charge in [0.05, 0.1) is 0 Å². The van der Waals surface area contributed by atoms with E-state index in [1.165, 1.54) is 0 Å². The van der Waals surface area contributed by atoms with Gasteiger partial charge in [0.1, 0.15) is 17.7 Å². The summed E-state index contributed by atoms with van der Waals surface area (Å²) in [7, 11) is 0. The Hall–Kier alpha value is -2.63. The maximum atomic E-state index is 13.1. The topological polar surface area (TPSA) is 47.6 Å². The van der Waals surface area contributed by atoms with Gasteiger partial charge in [0.25, 0.3) is 5.91 Å². The van der Waals surface area contributed by atoms with E-state index in [-0.39, 0.29) is 5.69 Å². The predicted molar refractivity (Wildman–Crippen MR) is 75.9 cm³/mol. The van der Waals surface area contributed by atoms with Crippen LogP contribution in [0, 0.1) is 11.6 Å². The highest BCUT2D eigenvalue weighted by Crippen LogP contribution is 2.33. The fourth-order valence-corrected chi connectivity index (χ4v) is 2.25. The summed E-state index contributed by atoms with van der Waals surface area (Å²) in [6.45, 7) is 1.69. The quantitative estimate of drug-likeness (QED) is 0.927. The van der Waals surface area contributed by atoms with Crippen LogP contribution < -0.4 is 14.8 Å². The molecule has 1 aliphatic rings. The van der Waals surface area contributed by atoms with Gasteiger partial charge in [-0.25, -0.2) is 8.78 Å². The lowest BCUT2D eigenvalue weighted by Crippen LogP contribution is -2.46. The van der Waals surface area contributed by atoms with Crippen molar-refractivity contribution < 1.29 is 23.0 Å². The second-order valence-corrected chi connectivity index (χ2v) is 4.96. The van der Waals surface area contributed by atoms with Crippen molar-refractivity contribution >= 4 is 11.6 Å². The van der Waals surface area contributed by atoms with Crippen LogP contribution in [-0.2, 0) is 4.79 Å². The van der Waals surface area contributed by atoms with Gasteiger partial charge in [-0.3, -0.25) is 4.79 Å². The zero-order chi connectivity index (χ0) is 15.7. The summed E-state index contributed by atoms with van der Waals surface area (Å²) in [4.78, 5) is 12.2. The van der Waals surface area contributed by atoms with Gasteiger partial charge in [0.2, 0.25) is 6.10 Å². The molecular formula is C16H13F2NO3. The van der Waals surface area contributed by atoms with Crippen LogP contribution in [0.3, 0.4) is 0 Å². The number of hydrogen-bond donors (Lipinski definition) is 1. The van der Waals surface area contributed by atoms with Crippen LogP contribution in [-0.4, -0.2) is 18.1 Å². The van der Waals surface area contributed by atoms with Crippen molar-refractivity contribution in [2.75, 3.05) is 5.32 Å². The first kappa shape index (κ1) is 14.3. The van der Waals surface area contributed by atoms with Crippen LogP contribution in [0.1, 0.15) is 6.92 Å². The molecule has 1 amide bonds. The summed E-state index contributed by atoms with van der Waals surface area (Å²) in [5.74, 6) is -1.07. The summed E-state index contributed by atoms with van der Waals surface area (Å²) in [6, 6.07) is 9.77. The number of carbonyl (C=O) groups is 1. The second-order valence-electron chi connectivity index (χ2n) is 4.96. The van der Waals surface area contributed by atoms with Crippen LogP contribution in [0.25, 0.3) is 0 Å². The van der Waals surface area contributed by atoms with E-state index >= 15 is 0 Å². The van der Waals surface area contributed by atoms with E-state index < -0.39 is 29.7 Å². The number of ether oxygens (including phenoxy) is 2. The largest absolute Gasteiger partial charge is 0.482 e. The number of amides is 1. The molecule has 0 spiro atoms. The zero-order valence-electron chi connectivity index (χ0n) is 11.7. The highest BCUT2D eigenvalue weighted by Gasteiger charge is 2.34. The lowest BCUT2D eigenvalue weighted by atomic mass is 10.1. The van der Waals surface area contributed by atoms with E-state index in [9.17, 15) is 13.6 Å². The predicted octanol–water partition coefficient (Wildman–Crippen LogP) is 3.13. The Morgan fingerprint density at radius 1 is 1.05 bits per heavy atom. The van der Waals surface area contributed by atoms with E-state index in [1.807, 2.05) is 0 Å². The molecule has 4 nitrogen and oxygen atoms in total. The average Bonchev–Trinajstić information content (AvgIpc) is 2.45. The number of fused-ring (bicyclic) bond motifs is 1. The molecule has 6 heteroatoms. The summed E-state index contributed by atoms with van der Waals surface area (Å²) >= 11 is 0. The molecule has 2 aromatic carbocycles. The van der Waals surface area contributed by atoms with Gasteiger partial charge in [-0.2, -0.15) is 0 Å². The molecule has 2 aromatic rings. The Kier molecular flexibility index (Phi) is 3.66. The second kappa shape index (κ2) is 5.63. The number of nitrogens with one attached hydrogen (secondary N) is 1. The molecule has 0 aromatic heterocycles. The van der Waals surface area contributed by atoms with Crippen molar-refractivity contribution in [3.05, 3.63) is 54.1 Å². The molecule has 0 bridgehead atoms. The van der Waals surface area contributed by atoms with Gasteiger partial charge < -0.3 is 14.8 Å². The normalized spacial score (nSPS) is 19.6. The lowest BCUT2D eigenvalue weighted by molar-refractivity contribution is -0.128. The molecule has 0 radical (unpaired) electrons. The Labute approximate surface area is 125 Å². The lowest BCUT2D eigenvalue weighted by Gasteiger charge is -2.31. The van der Waals surface area contributed by atoms with Gasteiger partial charge in [-0.05, 0) is 31.2 Å². The minimum Gasteiger partial charge on any atom is -0.482 e. The first-order valence-corrected chi connectivity index (χ1v) is 6.72. The molecule has 2 unspecified atom stereocenters. The number of para-hydroxylation sites is 2. The maximum Gasteiger partial charge on any atom is 0.269 e. The van der Waals surface area contributed by atoms with Gasteiger partial charge in [0, 0.05) is 11.8 Å². The molecule has 1 N–H and O–H groups in total. The van der Waals surface area contributed by atoms with Crippen LogP contribution >= 0.6 is 0 Å². The van der Waals surface area contributed by atoms with Gasteiger partial charge in [0.15, 0.2) is 11.5 Å². The molecule has 0 saturated carbocycles. The zero-order valence-corrected chi connectivity index (χ0v) is 11.7. The molecule has 2 atom stereocenters. The molecule has 0 saturated heterocycles. The highest BCUT2D eigenvalue weighted by atomic mass is 19.1. The van der Waals surface area contributed by atoms with Crippen molar-refractivity contribution in [3.63, 3.8) is 0 Å². The van der Waals surface area contributed by atoms with Crippen molar-refractivity contribution in [1.29, 1.82) is 0 Å². The molecule has 0 aliphatic carbocycles. The molecule has 1 aliphatic heterocycles.